The van der Waals surface area contributed by atoms with Crippen LogP contribution < -0.4 is 5.32 Å². The number of carbonyl (C=O) groups excluding carboxylic acids is 1. The predicted octanol–water partition coefficient (Wildman–Crippen LogP) is 2.04. The van der Waals surface area contributed by atoms with E-state index in [9.17, 15) is 14.9 Å². The fourth-order valence-electron chi connectivity index (χ4n) is 2.40. The topological polar surface area (TPSA) is 75.5 Å². The van der Waals surface area contributed by atoms with Gasteiger partial charge in [0.25, 0.3) is 5.69 Å². The molecule has 0 saturated carbocycles. The van der Waals surface area contributed by atoms with Gasteiger partial charge >= 0.3 is 0 Å². The first-order valence-electron chi connectivity index (χ1n) is 7.33. The number of rotatable bonds is 6. The summed E-state index contributed by atoms with van der Waals surface area (Å²) in [4.78, 5) is 24.3. The van der Waals surface area contributed by atoms with Crippen molar-refractivity contribution in [3.8, 4) is 0 Å². The van der Waals surface area contributed by atoms with E-state index in [0.717, 1.165) is 31.5 Å². The number of nitrogens with zero attached hydrogens (tertiary/aromatic N) is 2. The van der Waals surface area contributed by atoms with Gasteiger partial charge in [-0.15, -0.1) is 11.8 Å². The van der Waals surface area contributed by atoms with Gasteiger partial charge < -0.3 is 10.2 Å². The SMILES string of the molecule is CN1CCC(NC(=O)CSCc2ccc([N+](=O)[O-])cc2)CC1. The molecule has 1 N–H and O–H groups in total. The average molecular weight is 323 g/mol. The first-order chi connectivity index (χ1) is 10.5. The molecule has 1 fully saturated rings. The van der Waals surface area contributed by atoms with Crippen molar-refractivity contribution in [1.29, 1.82) is 0 Å². The average Bonchev–Trinajstić information content (AvgIpc) is 2.50. The molecule has 1 aromatic carbocycles. The van der Waals surface area contributed by atoms with Crippen LogP contribution in [0.2, 0.25) is 0 Å². The van der Waals surface area contributed by atoms with Gasteiger partial charge in [0.05, 0.1) is 10.7 Å². The minimum absolute atomic E-state index is 0.0708. The maximum absolute atomic E-state index is 11.9. The summed E-state index contributed by atoms with van der Waals surface area (Å²) in [6.45, 7) is 2.06. The number of nitro benzene ring substituents is 1. The van der Waals surface area contributed by atoms with E-state index in [1.165, 1.54) is 23.9 Å². The number of benzene rings is 1. The maximum Gasteiger partial charge on any atom is 0.269 e. The van der Waals surface area contributed by atoms with Crippen LogP contribution in [0.3, 0.4) is 0 Å². The Kier molecular flexibility index (Phi) is 6.21. The molecular weight excluding hydrogens is 302 g/mol. The van der Waals surface area contributed by atoms with Crippen LogP contribution in [0, 0.1) is 10.1 Å². The number of carbonyl (C=O) groups is 1. The fourth-order valence-corrected chi connectivity index (χ4v) is 3.20. The number of hydrogen-bond donors (Lipinski definition) is 1. The highest BCUT2D eigenvalue weighted by molar-refractivity contribution is 7.99. The quantitative estimate of drug-likeness (QED) is 0.640. The Hall–Kier alpha value is -1.60. The Morgan fingerprint density at radius 1 is 1.36 bits per heavy atom. The van der Waals surface area contributed by atoms with Crippen molar-refractivity contribution < 1.29 is 9.72 Å². The van der Waals surface area contributed by atoms with E-state index in [1.54, 1.807) is 12.1 Å². The Bertz CT molecular complexity index is 513. The largest absolute Gasteiger partial charge is 0.353 e. The van der Waals surface area contributed by atoms with E-state index in [2.05, 4.69) is 17.3 Å². The lowest BCUT2D eigenvalue weighted by atomic mass is 10.1. The maximum atomic E-state index is 11.9. The molecule has 1 heterocycles. The summed E-state index contributed by atoms with van der Waals surface area (Å²) >= 11 is 1.53. The fraction of sp³-hybridized carbons (Fsp3) is 0.533. The molecule has 2 rings (SSSR count). The predicted molar refractivity (Wildman–Crippen MR) is 87.9 cm³/mol. The summed E-state index contributed by atoms with van der Waals surface area (Å²) in [6.07, 6.45) is 2.02. The highest BCUT2D eigenvalue weighted by atomic mass is 32.2. The monoisotopic (exact) mass is 323 g/mol. The molecule has 6 nitrogen and oxygen atoms in total. The molecule has 1 aliphatic rings. The van der Waals surface area contributed by atoms with Crippen molar-refractivity contribution in [2.24, 2.45) is 0 Å². The van der Waals surface area contributed by atoms with E-state index in [-0.39, 0.29) is 11.6 Å². The van der Waals surface area contributed by atoms with Crippen LogP contribution in [-0.4, -0.2) is 47.7 Å². The molecule has 1 saturated heterocycles. The van der Waals surface area contributed by atoms with Crippen LogP contribution in [0.1, 0.15) is 18.4 Å². The summed E-state index contributed by atoms with van der Waals surface area (Å²) < 4.78 is 0. The van der Waals surface area contributed by atoms with Gasteiger partial charge in [-0.3, -0.25) is 14.9 Å². The minimum Gasteiger partial charge on any atom is -0.353 e. The Morgan fingerprint density at radius 3 is 2.59 bits per heavy atom. The molecular formula is C15H21N3O3S. The lowest BCUT2D eigenvalue weighted by Gasteiger charge is -2.29. The van der Waals surface area contributed by atoms with Crippen molar-refractivity contribution in [3.05, 3.63) is 39.9 Å². The van der Waals surface area contributed by atoms with Gasteiger partial charge in [0.1, 0.15) is 0 Å². The smallest absolute Gasteiger partial charge is 0.269 e. The van der Waals surface area contributed by atoms with Crippen LogP contribution in [-0.2, 0) is 10.5 Å². The molecule has 22 heavy (non-hydrogen) atoms. The van der Waals surface area contributed by atoms with E-state index < -0.39 is 4.92 Å². The van der Waals surface area contributed by atoms with Crippen LogP contribution in [0.4, 0.5) is 5.69 Å². The molecule has 1 amide bonds. The Labute approximate surface area is 134 Å². The molecule has 120 valence electrons. The Morgan fingerprint density at radius 2 is 2.00 bits per heavy atom. The second kappa shape index (κ2) is 8.14. The second-order valence-electron chi connectivity index (χ2n) is 5.56. The summed E-state index contributed by atoms with van der Waals surface area (Å²) in [5, 5.41) is 13.6. The standard InChI is InChI=1S/C15H21N3O3S/c1-17-8-6-13(7-9-17)16-15(19)11-22-10-12-2-4-14(5-3-12)18(20)21/h2-5,13H,6-11H2,1H3,(H,16,19). The lowest BCUT2D eigenvalue weighted by molar-refractivity contribution is -0.384. The van der Waals surface area contributed by atoms with E-state index in [4.69, 9.17) is 0 Å². The van der Waals surface area contributed by atoms with Gasteiger partial charge in [-0.2, -0.15) is 0 Å². The number of non-ortho nitro benzene ring substituents is 1. The van der Waals surface area contributed by atoms with Gasteiger partial charge in [0.15, 0.2) is 0 Å². The number of amides is 1. The van der Waals surface area contributed by atoms with Crippen molar-refractivity contribution in [1.82, 2.24) is 10.2 Å². The molecule has 1 aromatic rings. The Balaban J connectivity index is 1.67. The van der Waals surface area contributed by atoms with Crippen molar-refractivity contribution in [2.75, 3.05) is 25.9 Å². The van der Waals surface area contributed by atoms with Gasteiger partial charge in [0.2, 0.25) is 5.91 Å². The number of nitro groups is 1. The zero-order chi connectivity index (χ0) is 15.9. The second-order valence-corrected chi connectivity index (χ2v) is 6.55. The van der Waals surface area contributed by atoms with Gasteiger partial charge in [0, 0.05) is 23.9 Å². The number of nitrogens with one attached hydrogen (secondary N) is 1. The van der Waals surface area contributed by atoms with Crippen molar-refractivity contribution in [2.45, 2.75) is 24.6 Å². The lowest BCUT2D eigenvalue weighted by Crippen LogP contribution is -2.43. The molecule has 0 aliphatic carbocycles. The van der Waals surface area contributed by atoms with Gasteiger partial charge in [-0.1, -0.05) is 12.1 Å². The third kappa shape index (κ3) is 5.31. The first kappa shape index (κ1) is 16.8. The van der Waals surface area contributed by atoms with E-state index in [0.29, 0.717) is 17.5 Å². The molecule has 1 aliphatic heterocycles. The summed E-state index contributed by atoms with van der Waals surface area (Å²) in [6, 6.07) is 6.76. The third-order valence-electron chi connectivity index (χ3n) is 3.73. The van der Waals surface area contributed by atoms with Crippen molar-refractivity contribution in [3.63, 3.8) is 0 Å². The zero-order valence-electron chi connectivity index (χ0n) is 12.7. The molecule has 0 bridgehead atoms. The number of piperidine rings is 1. The molecule has 7 heteroatoms. The highest BCUT2D eigenvalue weighted by Gasteiger charge is 2.18. The zero-order valence-corrected chi connectivity index (χ0v) is 13.5. The van der Waals surface area contributed by atoms with E-state index >= 15 is 0 Å². The summed E-state index contributed by atoms with van der Waals surface area (Å²) in [5.41, 5.74) is 1.08. The molecule has 0 atom stereocenters. The normalized spacial score (nSPS) is 16.4. The number of likely N-dealkylation sites (tertiary alicyclic amines) is 1. The molecule has 0 aromatic heterocycles. The molecule has 0 spiro atoms. The summed E-state index contributed by atoms with van der Waals surface area (Å²) in [5.74, 6) is 1.17. The number of thioether (sulfide) groups is 1. The minimum atomic E-state index is -0.411. The van der Waals surface area contributed by atoms with E-state index in [1.807, 2.05) is 0 Å². The van der Waals surface area contributed by atoms with Crippen LogP contribution >= 0.6 is 11.8 Å². The van der Waals surface area contributed by atoms with Crippen LogP contribution in [0.15, 0.2) is 24.3 Å². The van der Waals surface area contributed by atoms with Gasteiger partial charge in [-0.25, -0.2) is 0 Å². The number of hydrogen-bond acceptors (Lipinski definition) is 5. The molecule has 0 unspecified atom stereocenters. The molecule has 0 radical (unpaired) electrons. The summed E-state index contributed by atoms with van der Waals surface area (Å²) in [7, 11) is 2.10. The van der Waals surface area contributed by atoms with Gasteiger partial charge in [-0.05, 0) is 38.5 Å². The first-order valence-corrected chi connectivity index (χ1v) is 8.49. The van der Waals surface area contributed by atoms with Crippen molar-refractivity contribution >= 4 is 23.4 Å². The third-order valence-corrected chi connectivity index (χ3v) is 4.74. The van der Waals surface area contributed by atoms with Crippen LogP contribution in [0.5, 0.6) is 0 Å². The highest BCUT2D eigenvalue weighted by Crippen LogP contribution is 2.17. The van der Waals surface area contributed by atoms with Crippen LogP contribution in [0.25, 0.3) is 0 Å².